The van der Waals surface area contributed by atoms with E-state index in [1.165, 1.54) is 31.2 Å². The first-order valence-electron chi connectivity index (χ1n) is 4.63. The van der Waals surface area contributed by atoms with Crippen LogP contribution in [0, 0.1) is 0 Å². The molecule has 0 N–H and O–H groups in total. The van der Waals surface area contributed by atoms with Crippen LogP contribution in [0.4, 0.5) is 0 Å². The van der Waals surface area contributed by atoms with Crippen LogP contribution < -0.4 is 0 Å². The van der Waals surface area contributed by atoms with Crippen LogP contribution in [0.1, 0.15) is 24.8 Å². The van der Waals surface area contributed by atoms with E-state index in [2.05, 4.69) is 56.1 Å². The number of hydrogen-bond acceptors (Lipinski definition) is 0. The van der Waals surface area contributed by atoms with E-state index in [-0.39, 0.29) is 0 Å². The molecule has 1 aromatic carbocycles. The molecule has 0 aromatic heterocycles. The Kier molecular flexibility index (Phi) is 5.72. The van der Waals surface area contributed by atoms with Crippen molar-refractivity contribution in [3.8, 4) is 0 Å². The zero-order valence-corrected chi connectivity index (χ0v) is 10.8. The fourth-order valence-corrected chi connectivity index (χ4v) is 1.91. The Hall–Kier alpha value is 0.180. The van der Waals surface area contributed by atoms with Crippen LogP contribution in [-0.2, 0) is 6.42 Å². The van der Waals surface area contributed by atoms with Crippen molar-refractivity contribution in [2.75, 3.05) is 5.33 Å². The van der Waals surface area contributed by atoms with Gasteiger partial charge in [0.2, 0.25) is 0 Å². The van der Waals surface area contributed by atoms with Crippen molar-refractivity contribution in [2.45, 2.75) is 25.7 Å². The molecule has 13 heavy (non-hydrogen) atoms. The summed E-state index contributed by atoms with van der Waals surface area (Å²) in [4.78, 5) is 0. The standard InChI is InChI=1S/C11H14Br2/c12-9-3-1-2-4-10-5-7-11(13)8-6-10/h5-8H,1-4,9H2. The Labute approximate surface area is 97.0 Å². The smallest absolute Gasteiger partial charge is 0.0175 e. The summed E-state index contributed by atoms with van der Waals surface area (Å²) in [6.45, 7) is 0. The molecule has 0 aliphatic rings. The number of benzene rings is 1. The number of hydrogen-bond donors (Lipinski definition) is 0. The summed E-state index contributed by atoms with van der Waals surface area (Å²) >= 11 is 6.87. The molecule has 0 saturated heterocycles. The lowest BCUT2D eigenvalue weighted by atomic mass is 10.1. The summed E-state index contributed by atoms with van der Waals surface area (Å²) in [5.74, 6) is 0. The van der Waals surface area contributed by atoms with E-state index in [9.17, 15) is 0 Å². The third kappa shape index (κ3) is 4.82. The number of halogens is 2. The normalized spacial score (nSPS) is 10.3. The van der Waals surface area contributed by atoms with Crippen molar-refractivity contribution in [1.82, 2.24) is 0 Å². The molecule has 0 radical (unpaired) electrons. The average Bonchev–Trinajstić information content (AvgIpc) is 2.15. The van der Waals surface area contributed by atoms with Crippen LogP contribution >= 0.6 is 31.9 Å². The van der Waals surface area contributed by atoms with Crippen LogP contribution in [0.15, 0.2) is 28.7 Å². The molecular weight excluding hydrogens is 292 g/mol. The maximum atomic E-state index is 3.44. The highest BCUT2D eigenvalue weighted by molar-refractivity contribution is 9.10. The lowest BCUT2D eigenvalue weighted by Crippen LogP contribution is -1.85. The minimum atomic E-state index is 1.13. The van der Waals surface area contributed by atoms with Crippen LogP contribution in [-0.4, -0.2) is 5.33 Å². The Morgan fingerprint density at radius 1 is 0.923 bits per heavy atom. The first kappa shape index (κ1) is 11.3. The van der Waals surface area contributed by atoms with E-state index in [4.69, 9.17) is 0 Å². The van der Waals surface area contributed by atoms with Crippen molar-refractivity contribution >= 4 is 31.9 Å². The van der Waals surface area contributed by atoms with Gasteiger partial charge >= 0.3 is 0 Å². The Morgan fingerprint density at radius 3 is 2.23 bits per heavy atom. The van der Waals surface area contributed by atoms with Gasteiger partial charge in [0.1, 0.15) is 0 Å². The van der Waals surface area contributed by atoms with E-state index >= 15 is 0 Å². The lowest BCUT2D eigenvalue weighted by Gasteiger charge is -2.00. The van der Waals surface area contributed by atoms with Crippen LogP contribution in [0.5, 0.6) is 0 Å². The fourth-order valence-electron chi connectivity index (χ4n) is 1.25. The predicted octanol–water partition coefficient (Wildman–Crippen LogP) is 4.56. The summed E-state index contributed by atoms with van der Waals surface area (Å²) in [5, 5.41) is 1.13. The van der Waals surface area contributed by atoms with Crippen LogP contribution in [0.2, 0.25) is 0 Å². The van der Waals surface area contributed by atoms with Gasteiger partial charge in [0.15, 0.2) is 0 Å². The molecule has 1 rings (SSSR count). The van der Waals surface area contributed by atoms with Gasteiger partial charge in [0.25, 0.3) is 0 Å². The van der Waals surface area contributed by atoms with Gasteiger partial charge in [-0.1, -0.05) is 50.4 Å². The van der Waals surface area contributed by atoms with E-state index in [0.717, 1.165) is 9.80 Å². The molecule has 0 saturated carbocycles. The van der Waals surface area contributed by atoms with E-state index in [0.29, 0.717) is 0 Å². The Morgan fingerprint density at radius 2 is 1.62 bits per heavy atom. The molecule has 0 amide bonds. The maximum absolute atomic E-state index is 3.44. The molecule has 0 atom stereocenters. The average molecular weight is 306 g/mol. The van der Waals surface area contributed by atoms with Gasteiger partial charge < -0.3 is 0 Å². The van der Waals surface area contributed by atoms with Gasteiger partial charge in [-0.25, -0.2) is 0 Å². The number of unbranched alkanes of at least 4 members (excludes halogenated alkanes) is 2. The summed E-state index contributed by atoms with van der Waals surface area (Å²) in [6.07, 6.45) is 5.12. The van der Waals surface area contributed by atoms with Crippen molar-refractivity contribution in [1.29, 1.82) is 0 Å². The van der Waals surface area contributed by atoms with Crippen molar-refractivity contribution in [2.24, 2.45) is 0 Å². The number of rotatable bonds is 5. The highest BCUT2D eigenvalue weighted by Gasteiger charge is 1.93. The van der Waals surface area contributed by atoms with Gasteiger partial charge in [-0.15, -0.1) is 0 Å². The molecule has 0 aliphatic carbocycles. The molecule has 0 spiro atoms. The summed E-state index contributed by atoms with van der Waals surface area (Å²) in [7, 11) is 0. The third-order valence-electron chi connectivity index (χ3n) is 2.01. The van der Waals surface area contributed by atoms with Gasteiger partial charge in [-0.3, -0.25) is 0 Å². The van der Waals surface area contributed by atoms with Crippen molar-refractivity contribution < 1.29 is 0 Å². The molecule has 0 nitrogen and oxygen atoms in total. The highest BCUT2D eigenvalue weighted by Crippen LogP contribution is 2.12. The predicted molar refractivity (Wildman–Crippen MR) is 65.5 cm³/mol. The van der Waals surface area contributed by atoms with Gasteiger partial charge in [-0.05, 0) is 37.0 Å². The second-order valence-electron chi connectivity index (χ2n) is 3.13. The van der Waals surface area contributed by atoms with E-state index in [1.807, 2.05) is 0 Å². The Balaban J connectivity index is 2.25. The van der Waals surface area contributed by atoms with E-state index < -0.39 is 0 Å². The van der Waals surface area contributed by atoms with Crippen LogP contribution in [0.3, 0.4) is 0 Å². The molecular formula is C11H14Br2. The first-order valence-corrected chi connectivity index (χ1v) is 6.55. The van der Waals surface area contributed by atoms with E-state index in [1.54, 1.807) is 0 Å². The van der Waals surface area contributed by atoms with Gasteiger partial charge in [0, 0.05) is 9.80 Å². The number of alkyl halides is 1. The molecule has 0 heterocycles. The molecule has 0 fully saturated rings. The monoisotopic (exact) mass is 304 g/mol. The fraction of sp³-hybridized carbons (Fsp3) is 0.455. The Bertz CT molecular complexity index is 228. The molecule has 2 heteroatoms. The highest BCUT2D eigenvalue weighted by atomic mass is 79.9. The summed E-state index contributed by atoms with van der Waals surface area (Å²) < 4.78 is 1.16. The zero-order valence-electron chi connectivity index (χ0n) is 7.60. The zero-order chi connectivity index (χ0) is 9.52. The summed E-state index contributed by atoms with van der Waals surface area (Å²) in [6, 6.07) is 8.61. The largest absolute Gasteiger partial charge is 0.0928 e. The first-order chi connectivity index (χ1) is 6.33. The number of aryl methyl sites for hydroxylation is 1. The minimum absolute atomic E-state index is 1.13. The van der Waals surface area contributed by atoms with Gasteiger partial charge in [0.05, 0.1) is 0 Å². The quantitative estimate of drug-likeness (QED) is 0.553. The third-order valence-corrected chi connectivity index (χ3v) is 3.10. The van der Waals surface area contributed by atoms with Crippen LogP contribution in [0.25, 0.3) is 0 Å². The minimum Gasteiger partial charge on any atom is -0.0928 e. The molecule has 1 aromatic rings. The molecule has 0 unspecified atom stereocenters. The topological polar surface area (TPSA) is 0 Å². The van der Waals surface area contributed by atoms with Crippen molar-refractivity contribution in [3.05, 3.63) is 34.3 Å². The van der Waals surface area contributed by atoms with Crippen molar-refractivity contribution in [3.63, 3.8) is 0 Å². The second kappa shape index (κ2) is 6.61. The maximum Gasteiger partial charge on any atom is 0.0175 e. The molecule has 72 valence electrons. The van der Waals surface area contributed by atoms with Gasteiger partial charge in [-0.2, -0.15) is 0 Å². The second-order valence-corrected chi connectivity index (χ2v) is 4.83. The summed E-state index contributed by atoms with van der Waals surface area (Å²) in [5.41, 5.74) is 1.44. The lowest BCUT2D eigenvalue weighted by molar-refractivity contribution is 0.724. The molecule has 0 aliphatic heterocycles. The SMILES string of the molecule is BrCCCCCc1ccc(Br)cc1. The molecule has 0 bridgehead atoms.